The van der Waals surface area contributed by atoms with E-state index in [1.54, 1.807) is 24.4 Å². The molecule has 2 unspecified atom stereocenters. The van der Waals surface area contributed by atoms with Gasteiger partial charge in [0.1, 0.15) is 17.1 Å². The lowest BCUT2D eigenvalue weighted by atomic mass is 9.84. The van der Waals surface area contributed by atoms with Crippen LogP contribution in [0.2, 0.25) is 5.02 Å². The summed E-state index contributed by atoms with van der Waals surface area (Å²) in [6.07, 6.45) is 0.645. The highest BCUT2D eigenvalue weighted by atomic mass is 35.5. The molecule has 0 aliphatic carbocycles. The summed E-state index contributed by atoms with van der Waals surface area (Å²) >= 11 is 5.92. The molecule has 4 rings (SSSR count). The lowest BCUT2D eigenvalue weighted by Gasteiger charge is -2.28. The van der Waals surface area contributed by atoms with Crippen molar-refractivity contribution >= 4 is 11.6 Å². The van der Waals surface area contributed by atoms with Crippen molar-refractivity contribution in [3.05, 3.63) is 82.8 Å². The first-order chi connectivity index (χ1) is 12.5. The Bertz CT molecular complexity index is 970. The van der Waals surface area contributed by atoms with Crippen LogP contribution >= 0.6 is 11.6 Å². The van der Waals surface area contributed by atoms with E-state index in [9.17, 15) is 4.39 Å². The van der Waals surface area contributed by atoms with Gasteiger partial charge >= 0.3 is 0 Å². The van der Waals surface area contributed by atoms with Gasteiger partial charge in [-0.3, -0.25) is 5.73 Å². The Morgan fingerprint density at radius 3 is 2.65 bits per heavy atom. The number of benzene rings is 2. The lowest BCUT2D eigenvalue weighted by molar-refractivity contribution is 0.173. The van der Waals surface area contributed by atoms with Crippen LogP contribution < -0.4 is 20.9 Å². The van der Waals surface area contributed by atoms with Crippen LogP contribution in [-0.4, -0.2) is 11.2 Å². The molecule has 1 aromatic heterocycles. The second kappa shape index (κ2) is 6.25. The van der Waals surface area contributed by atoms with Crippen LogP contribution in [0.4, 0.5) is 4.39 Å². The van der Waals surface area contributed by atoms with Crippen molar-refractivity contribution < 1.29 is 13.9 Å². The molecule has 0 saturated heterocycles. The summed E-state index contributed by atoms with van der Waals surface area (Å²) in [7, 11) is 0. The van der Waals surface area contributed by atoms with Gasteiger partial charge in [0.25, 0.3) is 5.88 Å². The van der Waals surface area contributed by atoms with E-state index in [1.165, 1.54) is 18.2 Å². The maximum absolute atomic E-state index is 13.5. The molecule has 3 aromatic rings. The SMILES string of the molecule is NC1Oc2c(ccnc2Oc2ccccc2)C1(N)c1ccc(F)c(Cl)c1. The minimum Gasteiger partial charge on any atom is -0.467 e. The molecule has 0 spiro atoms. The summed E-state index contributed by atoms with van der Waals surface area (Å²) in [6, 6.07) is 15.1. The van der Waals surface area contributed by atoms with E-state index in [2.05, 4.69) is 4.98 Å². The van der Waals surface area contributed by atoms with E-state index >= 15 is 0 Å². The van der Waals surface area contributed by atoms with Crippen LogP contribution in [0.1, 0.15) is 11.1 Å². The van der Waals surface area contributed by atoms with E-state index in [4.69, 9.17) is 32.5 Å². The van der Waals surface area contributed by atoms with Crippen molar-refractivity contribution in [2.75, 3.05) is 0 Å². The van der Waals surface area contributed by atoms with Crippen molar-refractivity contribution in [2.24, 2.45) is 11.5 Å². The topological polar surface area (TPSA) is 83.4 Å². The van der Waals surface area contributed by atoms with Gasteiger partial charge in [0.05, 0.1) is 5.02 Å². The summed E-state index contributed by atoms with van der Waals surface area (Å²) in [4.78, 5) is 4.23. The second-order valence-electron chi connectivity index (χ2n) is 5.94. The average molecular weight is 372 g/mol. The number of para-hydroxylation sites is 1. The highest BCUT2D eigenvalue weighted by Gasteiger charge is 2.47. The van der Waals surface area contributed by atoms with E-state index in [-0.39, 0.29) is 10.9 Å². The van der Waals surface area contributed by atoms with Gasteiger partial charge < -0.3 is 15.2 Å². The quantitative estimate of drug-likeness (QED) is 0.735. The maximum atomic E-state index is 13.5. The molecule has 26 heavy (non-hydrogen) atoms. The van der Waals surface area contributed by atoms with Gasteiger partial charge in [-0.1, -0.05) is 35.9 Å². The van der Waals surface area contributed by atoms with Crippen LogP contribution in [0.5, 0.6) is 17.4 Å². The standard InChI is InChI=1S/C19H15ClFN3O2/c20-14-10-11(6-7-15(14)21)19(23)13-8-9-24-17(16(13)26-18(19)22)25-12-4-2-1-3-5-12/h1-10,18H,22-23H2. The number of pyridine rings is 1. The number of aromatic nitrogens is 1. The summed E-state index contributed by atoms with van der Waals surface area (Å²) < 4.78 is 25.1. The molecule has 1 aliphatic heterocycles. The molecule has 0 amide bonds. The van der Waals surface area contributed by atoms with Crippen LogP contribution in [0.15, 0.2) is 60.8 Å². The number of halogens is 2. The van der Waals surface area contributed by atoms with E-state index in [0.29, 0.717) is 22.6 Å². The predicted molar refractivity (Wildman–Crippen MR) is 95.7 cm³/mol. The van der Waals surface area contributed by atoms with Crippen molar-refractivity contribution in [2.45, 2.75) is 11.8 Å². The largest absolute Gasteiger partial charge is 0.467 e. The van der Waals surface area contributed by atoms with E-state index in [1.807, 2.05) is 18.2 Å². The Balaban J connectivity index is 1.80. The number of ether oxygens (including phenoxy) is 2. The summed E-state index contributed by atoms with van der Waals surface area (Å²) in [5, 5.41) is -0.0391. The minimum absolute atomic E-state index is 0.0391. The predicted octanol–water partition coefficient (Wildman–Crippen LogP) is 3.55. The van der Waals surface area contributed by atoms with Gasteiger partial charge in [-0.15, -0.1) is 0 Å². The Morgan fingerprint density at radius 2 is 1.92 bits per heavy atom. The third-order valence-electron chi connectivity index (χ3n) is 4.37. The van der Waals surface area contributed by atoms with E-state index in [0.717, 1.165) is 0 Å². The first-order valence-electron chi connectivity index (χ1n) is 7.89. The van der Waals surface area contributed by atoms with Crippen LogP contribution in [0.3, 0.4) is 0 Å². The zero-order valence-corrected chi connectivity index (χ0v) is 14.3. The van der Waals surface area contributed by atoms with Crippen LogP contribution in [-0.2, 0) is 5.54 Å². The normalized spacial score (nSPS) is 21.2. The fraction of sp³-hybridized carbons (Fsp3) is 0.105. The first kappa shape index (κ1) is 16.8. The molecule has 132 valence electrons. The summed E-state index contributed by atoms with van der Waals surface area (Å²) in [6.45, 7) is 0. The number of fused-ring (bicyclic) bond motifs is 1. The van der Waals surface area contributed by atoms with Crippen molar-refractivity contribution in [3.8, 4) is 17.4 Å². The molecule has 2 heterocycles. The van der Waals surface area contributed by atoms with Gasteiger partial charge in [-0.2, -0.15) is 0 Å². The van der Waals surface area contributed by atoms with Gasteiger partial charge in [-0.05, 0) is 35.9 Å². The zero-order valence-electron chi connectivity index (χ0n) is 13.5. The number of nitrogens with zero attached hydrogens (tertiary/aromatic N) is 1. The average Bonchev–Trinajstić information content (AvgIpc) is 2.91. The smallest absolute Gasteiger partial charge is 0.262 e. The van der Waals surface area contributed by atoms with Gasteiger partial charge in [0.15, 0.2) is 12.0 Å². The van der Waals surface area contributed by atoms with Crippen molar-refractivity contribution in [3.63, 3.8) is 0 Å². The Kier molecular flexibility index (Phi) is 4.03. The molecule has 2 aromatic carbocycles. The Hall–Kier alpha value is -2.67. The third kappa shape index (κ3) is 2.59. The molecule has 0 radical (unpaired) electrons. The van der Waals surface area contributed by atoms with E-state index < -0.39 is 17.6 Å². The second-order valence-corrected chi connectivity index (χ2v) is 6.35. The monoisotopic (exact) mass is 371 g/mol. The third-order valence-corrected chi connectivity index (χ3v) is 4.66. The zero-order chi connectivity index (χ0) is 18.3. The summed E-state index contributed by atoms with van der Waals surface area (Å²) in [5.41, 5.74) is 12.7. The molecule has 1 aliphatic rings. The van der Waals surface area contributed by atoms with Gasteiger partial charge in [0.2, 0.25) is 0 Å². The van der Waals surface area contributed by atoms with Gasteiger partial charge in [-0.25, -0.2) is 9.37 Å². The Labute approximate surface area is 154 Å². The first-order valence-corrected chi connectivity index (χ1v) is 8.27. The maximum Gasteiger partial charge on any atom is 0.262 e. The highest BCUT2D eigenvalue weighted by molar-refractivity contribution is 6.30. The lowest BCUT2D eigenvalue weighted by Crippen LogP contribution is -2.52. The number of rotatable bonds is 3. The number of nitrogens with two attached hydrogens (primary N) is 2. The molecule has 4 N–H and O–H groups in total. The summed E-state index contributed by atoms with van der Waals surface area (Å²) in [5.74, 6) is 0.677. The molecular formula is C19H15ClFN3O2. The molecular weight excluding hydrogens is 357 g/mol. The molecule has 2 atom stereocenters. The highest BCUT2D eigenvalue weighted by Crippen LogP contribution is 2.47. The number of hydrogen-bond acceptors (Lipinski definition) is 5. The van der Waals surface area contributed by atoms with Gasteiger partial charge in [0, 0.05) is 11.8 Å². The van der Waals surface area contributed by atoms with Crippen molar-refractivity contribution in [1.82, 2.24) is 4.98 Å². The van der Waals surface area contributed by atoms with Crippen LogP contribution in [0.25, 0.3) is 0 Å². The Morgan fingerprint density at radius 1 is 1.15 bits per heavy atom. The van der Waals surface area contributed by atoms with Crippen LogP contribution in [0, 0.1) is 5.82 Å². The minimum atomic E-state index is -1.22. The number of hydrogen-bond donors (Lipinski definition) is 2. The molecule has 0 bridgehead atoms. The molecule has 0 fully saturated rings. The molecule has 0 saturated carbocycles. The fourth-order valence-electron chi connectivity index (χ4n) is 2.99. The molecule has 5 nitrogen and oxygen atoms in total. The molecule has 7 heteroatoms. The fourth-order valence-corrected chi connectivity index (χ4v) is 3.17. The van der Waals surface area contributed by atoms with Crippen molar-refractivity contribution in [1.29, 1.82) is 0 Å².